The van der Waals surface area contributed by atoms with Gasteiger partial charge in [-0.3, -0.25) is 14.9 Å². The van der Waals surface area contributed by atoms with Crippen LogP contribution in [0.1, 0.15) is 5.56 Å². The molecule has 1 N–H and O–H groups in total. The Morgan fingerprint density at radius 1 is 1.12 bits per heavy atom. The molecule has 2 aromatic rings. The Morgan fingerprint density at radius 2 is 1.76 bits per heavy atom. The summed E-state index contributed by atoms with van der Waals surface area (Å²) >= 11 is 0. The second kappa shape index (κ2) is 8.00. The average Bonchev–Trinajstić information content (AvgIpc) is 2.61. The molecule has 25 heavy (non-hydrogen) atoms. The number of nitro groups is 1. The average molecular weight is 346 g/mol. The molecule has 1 amide bonds. The van der Waals surface area contributed by atoms with Crippen LogP contribution in [0, 0.1) is 17.0 Å². The number of nitrogens with one attached hydrogen (secondary N) is 1. The van der Waals surface area contributed by atoms with Gasteiger partial charge < -0.3 is 19.5 Å². The van der Waals surface area contributed by atoms with Crippen LogP contribution in [0.3, 0.4) is 0 Å². The van der Waals surface area contributed by atoms with Gasteiger partial charge in [0.2, 0.25) is 0 Å². The maximum atomic E-state index is 12.1. The molecule has 0 saturated heterocycles. The summed E-state index contributed by atoms with van der Waals surface area (Å²) in [5.74, 6) is 0.614. The number of aryl methyl sites for hydroxylation is 1. The van der Waals surface area contributed by atoms with E-state index in [1.807, 2.05) is 0 Å². The van der Waals surface area contributed by atoms with Crippen molar-refractivity contribution in [1.29, 1.82) is 0 Å². The number of benzene rings is 2. The summed E-state index contributed by atoms with van der Waals surface area (Å²) < 4.78 is 15.6. The minimum absolute atomic E-state index is 0.0662. The summed E-state index contributed by atoms with van der Waals surface area (Å²) in [7, 11) is 2.84. The van der Waals surface area contributed by atoms with Crippen molar-refractivity contribution >= 4 is 17.3 Å². The van der Waals surface area contributed by atoms with Gasteiger partial charge in [-0.25, -0.2) is 0 Å². The van der Waals surface area contributed by atoms with E-state index in [0.717, 1.165) is 0 Å². The van der Waals surface area contributed by atoms with E-state index in [9.17, 15) is 14.9 Å². The maximum Gasteiger partial charge on any atom is 0.311 e. The minimum Gasteiger partial charge on any atom is -0.493 e. The van der Waals surface area contributed by atoms with E-state index in [1.54, 1.807) is 31.2 Å². The number of para-hydroxylation sites is 2. The standard InChI is InChI=1S/C17H18N2O6/c1-11-8-13(19(21)22)16(24-3)9-12(11)18-17(20)10-25-15-7-5-4-6-14(15)23-2/h4-9H,10H2,1-3H3,(H,18,20). The predicted molar refractivity (Wildman–Crippen MR) is 91.5 cm³/mol. The Hall–Kier alpha value is -3.29. The molecule has 0 fully saturated rings. The second-order valence-electron chi connectivity index (χ2n) is 5.08. The molecule has 0 aromatic heterocycles. The largest absolute Gasteiger partial charge is 0.493 e. The highest BCUT2D eigenvalue weighted by atomic mass is 16.6. The highest BCUT2D eigenvalue weighted by Crippen LogP contribution is 2.32. The van der Waals surface area contributed by atoms with Gasteiger partial charge in [0.1, 0.15) is 0 Å². The highest BCUT2D eigenvalue weighted by Gasteiger charge is 2.18. The van der Waals surface area contributed by atoms with Crippen molar-refractivity contribution in [3.8, 4) is 17.2 Å². The molecule has 8 heteroatoms. The first-order valence-electron chi connectivity index (χ1n) is 7.35. The molecule has 0 atom stereocenters. The topological polar surface area (TPSA) is 99.9 Å². The van der Waals surface area contributed by atoms with E-state index in [4.69, 9.17) is 14.2 Å². The van der Waals surface area contributed by atoms with Gasteiger partial charge in [-0.15, -0.1) is 0 Å². The number of amides is 1. The predicted octanol–water partition coefficient (Wildman–Crippen LogP) is 2.94. The van der Waals surface area contributed by atoms with Gasteiger partial charge in [-0.2, -0.15) is 0 Å². The highest BCUT2D eigenvalue weighted by molar-refractivity contribution is 5.93. The Kier molecular flexibility index (Phi) is 5.78. The molecule has 8 nitrogen and oxygen atoms in total. The lowest BCUT2D eigenvalue weighted by Crippen LogP contribution is -2.21. The van der Waals surface area contributed by atoms with Gasteiger partial charge in [0.05, 0.1) is 19.1 Å². The molecule has 2 aromatic carbocycles. The minimum atomic E-state index is -0.539. The monoisotopic (exact) mass is 346 g/mol. The molecule has 0 bridgehead atoms. The van der Waals surface area contributed by atoms with Crippen LogP contribution in [0.5, 0.6) is 17.2 Å². The first-order chi connectivity index (χ1) is 12.0. The lowest BCUT2D eigenvalue weighted by molar-refractivity contribution is -0.385. The van der Waals surface area contributed by atoms with Crippen molar-refractivity contribution in [1.82, 2.24) is 0 Å². The molecular formula is C17H18N2O6. The summed E-state index contributed by atoms with van der Waals surface area (Å²) in [4.78, 5) is 22.6. The molecule has 2 rings (SSSR count). The summed E-state index contributed by atoms with van der Waals surface area (Å²) in [5.41, 5.74) is 0.789. The number of hydrogen-bond acceptors (Lipinski definition) is 6. The van der Waals surface area contributed by atoms with Gasteiger partial charge in [0.25, 0.3) is 5.91 Å². The Labute approximate surface area is 144 Å². The summed E-state index contributed by atoms with van der Waals surface area (Å²) in [6.07, 6.45) is 0. The van der Waals surface area contributed by atoms with E-state index < -0.39 is 10.8 Å². The van der Waals surface area contributed by atoms with Gasteiger partial charge in [-0.1, -0.05) is 12.1 Å². The molecule has 0 aliphatic carbocycles. The Bertz CT molecular complexity index is 791. The van der Waals surface area contributed by atoms with Gasteiger partial charge in [-0.05, 0) is 24.6 Å². The molecule has 0 unspecified atom stereocenters. The molecule has 0 aliphatic rings. The SMILES string of the molecule is COc1ccccc1OCC(=O)Nc1cc(OC)c([N+](=O)[O-])cc1C. The zero-order valence-corrected chi connectivity index (χ0v) is 14.1. The number of rotatable bonds is 7. The summed E-state index contributed by atoms with van der Waals surface area (Å²) in [6.45, 7) is 1.42. The van der Waals surface area contributed by atoms with E-state index in [1.165, 1.54) is 26.4 Å². The van der Waals surface area contributed by atoms with Crippen LogP contribution in [0.4, 0.5) is 11.4 Å². The molecular weight excluding hydrogens is 328 g/mol. The van der Waals surface area contributed by atoms with Crippen LogP contribution in [-0.2, 0) is 4.79 Å². The van der Waals surface area contributed by atoms with Crippen molar-refractivity contribution < 1.29 is 23.9 Å². The van der Waals surface area contributed by atoms with Crippen molar-refractivity contribution in [2.45, 2.75) is 6.92 Å². The first-order valence-corrected chi connectivity index (χ1v) is 7.35. The number of nitro benzene ring substituents is 1. The third-order valence-electron chi connectivity index (χ3n) is 3.42. The number of carbonyl (C=O) groups is 1. The number of carbonyl (C=O) groups excluding carboxylic acids is 1. The van der Waals surface area contributed by atoms with Crippen molar-refractivity contribution in [2.75, 3.05) is 26.1 Å². The van der Waals surface area contributed by atoms with Crippen LogP contribution in [0.15, 0.2) is 36.4 Å². The van der Waals surface area contributed by atoms with Crippen molar-refractivity contribution in [3.05, 3.63) is 52.1 Å². The zero-order chi connectivity index (χ0) is 18.4. The lowest BCUT2D eigenvalue weighted by atomic mass is 10.1. The van der Waals surface area contributed by atoms with Crippen LogP contribution >= 0.6 is 0 Å². The Morgan fingerprint density at radius 3 is 2.36 bits per heavy atom. The van der Waals surface area contributed by atoms with Gasteiger partial charge in [0.15, 0.2) is 23.9 Å². The third-order valence-corrected chi connectivity index (χ3v) is 3.42. The summed E-state index contributed by atoms with van der Waals surface area (Å²) in [5, 5.41) is 13.6. The third kappa shape index (κ3) is 4.37. The summed E-state index contributed by atoms with van der Waals surface area (Å²) in [6, 6.07) is 9.72. The quantitative estimate of drug-likeness (QED) is 0.611. The van der Waals surface area contributed by atoms with Gasteiger partial charge in [0, 0.05) is 17.8 Å². The normalized spacial score (nSPS) is 10.0. The van der Waals surface area contributed by atoms with Crippen LogP contribution < -0.4 is 19.5 Å². The Balaban J connectivity index is 2.09. The van der Waals surface area contributed by atoms with E-state index in [0.29, 0.717) is 22.7 Å². The smallest absolute Gasteiger partial charge is 0.311 e. The van der Waals surface area contributed by atoms with Crippen LogP contribution in [0.25, 0.3) is 0 Å². The molecule has 0 radical (unpaired) electrons. The van der Waals surface area contributed by atoms with Crippen LogP contribution in [0.2, 0.25) is 0 Å². The van der Waals surface area contributed by atoms with E-state index >= 15 is 0 Å². The molecule has 0 saturated carbocycles. The number of hydrogen-bond donors (Lipinski definition) is 1. The van der Waals surface area contributed by atoms with E-state index in [2.05, 4.69) is 5.32 Å². The lowest BCUT2D eigenvalue weighted by Gasteiger charge is -2.12. The number of ether oxygens (including phenoxy) is 3. The van der Waals surface area contributed by atoms with Crippen LogP contribution in [-0.4, -0.2) is 31.7 Å². The van der Waals surface area contributed by atoms with Crippen molar-refractivity contribution in [2.24, 2.45) is 0 Å². The number of nitrogens with zero attached hydrogens (tertiary/aromatic N) is 1. The van der Waals surface area contributed by atoms with Gasteiger partial charge >= 0.3 is 5.69 Å². The maximum absolute atomic E-state index is 12.1. The number of anilines is 1. The first kappa shape index (κ1) is 18.1. The van der Waals surface area contributed by atoms with Crippen molar-refractivity contribution in [3.63, 3.8) is 0 Å². The molecule has 0 spiro atoms. The molecule has 132 valence electrons. The fraction of sp³-hybridized carbons (Fsp3) is 0.235. The van der Waals surface area contributed by atoms with E-state index in [-0.39, 0.29) is 18.0 Å². The molecule has 0 aliphatic heterocycles. The molecule has 0 heterocycles. The number of methoxy groups -OCH3 is 2. The fourth-order valence-corrected chi connectivity index (χ4v) is 2.18. The fourth-order valence-electron chi connectivity index (χ4n) is 2.18. The second-order valence-corrected chi connectivity index (χ2v) is 5.08. The zero-order valence-electron chi connectivity index (χ0n) is 14.1.